The van der Waals surface area contributed by atoms with Gasteiger partial charge in [-0.3, -0.25) is 9.97 Å². The van der Waals surface area contributed by atoms with Crippen LogP contribution in [0.4, 0.5) is 0 Å². The Morgan fingerprint density at radius 1 is 0.595 bits per heavy atom. The minimum Gasteiger partial charge on any atom is -0.342 e. The number of nitrogens with zero attached hydrogens (tertiary/aromatic N) is 4. The molecule has 190 valence electrons. The smallest absolute Gasteiger partial charge is 0.0784 e. The second-order valence-corrected chi connectivity index (χ2v) is 9.52. The number of pyridine rings is 2. The number of rotatable bonds is 9. The first-order valence-electron chi connectivity index (χ1n) is 12.8. The van der Waals surface area contributed by atoms with E-state index in [4.69, 9.17) is 0 Å². The highest BCUT2D eigenvalue weighted by Gasteiger charge is 2.13. The van der Waals surface area contributed by atoms with Crippen LogP contribution in [0.2, 0.25) is 0 Å². The highest BCUT2D eigenvalue weighted by atomic mass is 35.5. The van der Waals surface area contributed by atoms with E-state index >= 15 is 0 Å². The monoisotopic (exact) mass is 512 g/mol. The maximum absolute atomic E-state index is 4.69. The third-order valence-electron chi connectivity index (χ3n) is 7.32. The first kappa shape index (κ1) is 25.2. The Hall–Kier alpha value is -3.45. The molecule has 0 saturated carbocycles. The first-order valence-corrected chi connectivity index (χ1v) is 12.8. The molecule has 6 nitrogen and oxygen atoms in total. The lowest BCUT2D eigenvalue weighted by atomic mass is 10.1. The molecule has 2 aromatic carbocycles. The number of halogens is 1. The van der Waals surface area contributed by atoms with Crippen LogP contribution in [0.15, 0.2) is 73.1 Å². The van der Waals surface area contributed by atoms with E-state index in [1.807, 2.05) is 12.4 Å². The van der Waals surface area contributed by atoms with Crippen LogP contribution in [0.1, 0.15) is 24.2 Å². The molecule has 2 N–H and O–H groups in total. The SMILES string of the molecule is Cl.Cn1c2ccccc2c2ccnc(CNCCCCNCc3nccc4c5ccccc5n(C)c34)c21. The largest absolute Gasteiger partial charge is 0.342 e. The van der Waals surface area contributed by atoms with E-state index in [1.165, 1.54) is 43.6 Å². The number of aryl methyl sites for hydroxylation is 2. The Balaban J connectivity index is 0.00000280. The van der Waals surface area contributed by atoms with Gasteiger partial charge in [-0.2, -0.15) is 0 Å². The van der Waals surface area contributed by atoms with Gasteiger partial charge in [0.2, 0.25) is 0 Å². The lowest BCUT2D eigenvalue weighted by Gasteiger charge is -2.09. The molecule has 0 unspecified atom stereocenters. The van der Waals surface area contributed by atoms with Crippen molar-refractivity contribution in [3.8, 4) is 0 Å². The van der Waals surface area contributed by atoms with E-state index in [-0.39, 0.29) is 12.4 Å². The average molecular weight is 513 g/mol. The van der Waals surface area contributed by atoms with Gasteiger partial charge in [0.15, 0.2) is 0 Å². The number of unbranched alkanes of at least 4 members (excludes halogenated alkanes) is 1. The Labute approximate surface area is 223 Å². The second-order valence-electron chi connectivity index (χ2n) is 9.52. The van der Waals surface area contributed by atoms with Crippen molar-refractivity contribution in [2.24, 2.45) is 14.1 Å². The molecule has 0 amide bonds. The van der Waals surface area contributed by atoms with Crippen LogP contribution in [0.3, 0.4) is 0 Å². The Kier molecular flexibility index (Phi) is 7.42. The fraction of sp³-hybridized carbons (Fsp3) is 0.267. The number of hydrogen-bond donors (Lipinski definition) is 2. The summed E-state index contributed by atoms with van der Waals surface area (Å²) in [5.74, 6) is 0. The molecule has 0 aliphatic carbocycles. The predicted molar refractivity (Wildman–Crippen MR) is 156 cm³/mol. The Bertz CT molecular complexity index is 1560. The molecule has 37 heavy (non-hydrogen) atoms. The van der Waals surface area contributed by atoms with Gasteiger partial charge in [-0.05, 0) is 50.2 Å². The van der Waals surface area contributed by atoms with Crippen LogP contribution >= 0.6 is 12.4 Å². The summed E-state index contributed by atoms with van der Waals surface area (Å²) in [4.78, 5) is 9.37. The number of hydrogen-bond acceptors (Lipinski definition) is 4. The van der Waals surface area contributed by atoms with Crippen molar-refractivity contribution in [3.63, 3.8) is 0 Å². The molecule has 0 bridgehead atoms. The molecule has 0 saturated heterocycles. The standard InChI is InChI=1S/C30H32N6.ClH/c1-35-27-11-5-3-9-21(27)23-13-17-33-25(29(23)35)19-31-15-7-8-16-32-20-26-30-24(14-18-34-26)22-10-4-6-12-28(22)36(30)2;/h3-6,9-14,17-18,31-32H,7-8,15-16,19-20H2,1-2H3;1H. The molecule has 4 heterocycles. The lowest BCUT2D eigenvalue weighted by Crippen LogP contribution is -2.20. The van der Waals surface area contributed by atoms with Crippen LogP contribution < -0.4 is 10.6 Å². The van der Waals surface area contributed by atoms with E-state index in [2.05, 4.69) is 104 Å². The fourth-order valence-electron chi connectivity index (χ4n) is 5.58. The van der Waals surface area contributed by atoms with Gasteiger partial charge in [-0.1, -0.05) is 36.4 Å². The van der Waals surface area contributed by atoms with Crippen LogP contribution in [0.25, 0.3) is 43.6 Å². The summed E-state index contributed by atoms with van der Waals surface area (Å²) < 4.78 is 4.53. The average Bonchev–Trinajstić information content (AvgIpc) is 3.38. The number of benzene rings is 2. The molecule has 0 fully saturated rings. The van der Waals surface area contributed by atoms with E-state index in [0.717, 1.165) is 50.4 Å². The fourth-order valence-corrected chi connectivity index (χ4v) is 5.58. The lowest BCUT2D eigenvalue weighted by molar-refractivity contribution is 0.577. The van der Waals surface area contributed by atoms with Crippen LogP contribution in [0.5, 0.6) is 0 Å². The van der Waals surface area contributed by atoms with Crippen LogP contribution in [-0.2, 0) is 27.2 Å². The summed E-state index contributed by atoms with van der Waals surface area (Å²) >= 11 is 0. The van der Waals surface area contributed by atoms with Crippen LogP contribution in [0, 0.1) is 0 Å². The molecule has 7 heteroatoms. The number of nitrogens with one attached hydrogen (secondary N) is 2. The number of para-hydroxylation sites is 2. The summed E-state index contributed by atoms with van der Waals surface area (Å²) in [5.41, 5.74) is 7.17. The summed E-state index contributed by atoms with van der Waals surface area (Å²) in [7, 11) is 4.27. The van der Waals surface area contributed by atoms with Gasteiger partial charge in [0, 0.05) is 72.2 Å². The molecule has 0 radical (unpaired) electrons. The predicted octanol–water partition coefficient (Wildman–Crippen LogP) is 5.85. The van der Waals surface area contributed by atoms with Gasteiger partial charge >= 0.3 is 0 Å². The van der Waals surface area contributed by atoms with Crippen LogP contribution in [-0.4, -0.2) is 32.2 Å². The number of fused-ring (bicyclic) bond motifs is 6. The highest BCUT2D eigenvalue weighted by Crippen LogP contribution is 2.30. The van der Waals surface area contributed by atoms with Gasteiger partial charge < -0.3 is 19.8 Å². The van der Waals surface area contributed by atoms with Crippen molar-refractivity contribution in [3.05, 3.63) is 84.4 Å². The maximum Gasteiger partial charge on any atom is 0.0784 e. The summed E-state index contributed by atoms with van der Waals surface area (Å²) in [6, 6.07) is 21.4. The zero-order chi connectivity index (χ0) is 24.5. The van der Waals surface area contributed by atoms with Gasteiger partial charge in [-0.25, -0.2) is 0 Å². The van der Waals surface area contributed by atoms with E-state index in [1.54, 1.807) is 0 Å². The maximum atomic E-state index is 4.69. The molecular formula is C30H33ClN6. The molecular weight excluding hydrogens is 480 g/mol. The zero-order valence-corrected chi connectivity index (χ0v) is 22.2. The van der Waals surface area contributed by atoms with Crippen molar-refractivity contribution < 1.29 is 0 Å². The normalized spacial score (nSPS) is 11.6. The Morgan fingerprint density at radius 2 is 1.03 bits per heavy atom. The zero-order valence-electron chi connectivity index (χ0n) is 21.4. The molecule has 0 spiro atoms. The third-order valence-corrected chi connectivity index (χ3v) is 7.32. The molecule has 6 rings (SSSR count). The number of aromatic nitrogens is 4. The van der Waals surface area contributed by atoms with Crippen molar-refractivity contribution >= 4 is 56.0 Å². The van der Waals surface area contributed by atoms with E-state index in [9.17, 15) is 0 Å². The Morgan fingerprint density at radius 3 is 1.49 bits per heavy atom. The summed E-state index contributed by atoms with van der Waals surface area (Å²) in [6.07, 6.45) is 6.09. The highest BCUT2D eigenvalue weighted by molar-refractivity contribution is 6.09. The summed E-state index contributed by atoms with van der Waals surface area (Å²) in [5, 5.41) is 12.3. The molecule has 4 aromatic heterocycles. The van der Waals surface area contributed by atoms with E-state index in [0.29, 0.717) is 0 Å². The first-order chi connectivity index (χ1) is 17.7. The van der Waals surface area contributed by atoms with Crippen molar-refractivity contribution in [1.82, 2.24) is 29.7 Å². The van der Waals surface area contributed by atoms with Gasteiger partial charge in [0.25, 0.3) is 0 Å². The van der Waals surface area contributed by atoms with Crippen molar-refractivity contribution in [2.75, 3.05) is 13.1 Å². The molecule has 0 atom stereocenters. The van der Waals surface area contributed by atoms with Crippen molar-refractivity contribution in [2.45, 2.75) is 25.9 Å². The quantitative estimate of drug-likeness (QED) is 0.239. The van der Waals surface area contributed by atoms with Crippen molar-refractivity contribution in [1.29, 1.82) is 0 Å². The molecule has 0 aliphatic rings. The minimum atomic E-state index is 0. The summed E-state index contributed by atoms with van der Waals surface area (Å²) in [6.45, 7) is 3.51. The topological polar surface area (TPSA) is 59.7 Å². The third kappa shape index (κ3) is 4.57. The molecule has 6 aromatic rings. The van der Waals surface area contributed by atoms with Gasteiger partial charge in [0.1, 0.15) is 0 Å². The minimum absolute atomic E-state index is 0. The van der Waals surface area contributed by atoms with Gasteiger partial charge in [0.05, 0.1) is 22.4 Å². The second kappa shape index (κ2) is 10.9. The molecule has 0 aliphatic heterocycles. The van der Waals surface area contributed by atoms with E-state index < -0.39 is 0 Å². The van der Waals surface area contributed by atoms with Gasteiger partial charge in [-0.15, -0.1) is 12.4 Å².